The van der Waals surface area contributed by atoms with Crippen molar-refractivity contribution in [3.63, 3.8) is 0 Å². The van der Waals surface area contributed by atoms with Crippen LogP contribution in [-0.2, 0) is 9.53 Å². The maximum absolute atomic E-state index is 11.1. The van der Waals surface area contributed by atoms with Gasteiger partial charge in [0.2, 0.25) is 0 Å². The van der Waals surface area contributed by atoms with Gasteiger partial charge >= 0.3 is 5.97 Å². The molecule has 16 heavy (non-hydrogen) atoms. The van der Waals surface area contributed by atoms with Crippen LogP contribution in [0.5, 0.6) is 0 Å². The topological polar surface area (TPSA) is 64.3 Å². The van der Waals surface area contributed by atoms with Gasteiger partial charge in [0, 0.05) is 10.7 Å². The summed E-state index contributed by atoms with van der Waals surface area (Å²) in [6, 6.07) is 6.96. The molecular weight excluding hydrogens is 228 g/mol. The normalized spacial score (nSPS) is 11.0. The maximum Gasteiger partial charge on any atom is 0.334 e. The van der Waals surface area contributed by atoms with Crippen LogP contribution in [0.25, 0.3) is 0 Å². The molecule has 1 aromatic rings. The molecule has 0 amide bonds. The quantitative estimate of drug-likeness (QED) is 0.625. The van der Waals surface area contributed by atoms with E-state index in [1.807, 2.05) is 0 Å². The number of esters is 1. The number of rotatable bonds is 4. The van der Waals surface area contributed by atoms with E-state index in [0.29, 0.717) is 11.6 Å². The Morgan fingerprint density at radius 2 is 2.12 bits per heavy atom. The second-order valence-electron chi connectivity index (χ2n) is 2.98. The number of anilines is 1. The highest BCUT2D eigenvalue weighted by Crippen LogP contribution is 2.13. The highest BCUT2D eigenvalue weighted by atomic mass is 35.5. The molecule has 0 bridgehead atoms. The zero-order valence-corrected chi connectivity index (χ0v) is 9.62. The molecule has 0 aliphatic heterocycles. The SMILES string of the molecule is CCOC(=O)/C=C(/N)Nc1ccc(Cl)cc1. The Morgan fingerprint density at radius 3 is 2.69 bits per heavy atom. The zero-order chi connectivity index (χ0) is 12.0. The summed E-state index contributed by atoms with van der Waals surface area (Å²) < 4.78 is 4.71. The van der Waals surface area contributed by atoms with Crippen LogP contribution in [0, 0.1) is 0 Å². The number of ether oxygens (including phenoxy) is 1. The lowest BCUT2D eigenvalue weighted by Crippen LogP contribution is -2.12. The van der Waals surface area contributed by atoms with Crippen molar-refractivity contribution >= 4 is 23.3 Å². The molecule has 0 spiro atoms. The Kier molecular flexibility index (Phi) is 4.66. The predicted molar refractivity (Wildman–Crippen MR) is 64.0 cm³/mol. The summed E-state index contributed by atoms with van der Waals surface area (Å²) in [5.41, 5.74) is 6.34. The van der Waals surface area contributed by atoms with E-state index in [2.05, 4.69) is 5.32 Å². The minimum atomic E-state index is -0.471. The van der Waals surface area contributed by atoms with Crippen molar-refractivity contribution in [2.45, 2.75) is 6.92 Å². The minimum absolute atomic E-state index is 0.223. The van der Waals surface area contributed by atoms with Gasteiger partial charge < -0.3 is 15.8 Å². The van der Waals surface area contributed by atoms with E-state index in [-0.39, 0.29) is 5.82 Å². The van der Waals surface area contributed by atoms with Crippen molar-refractivity contribution < 1.29 is 9.53 Å². The van der Waals surface area contributed by atoms with Gasteiger partial charge in [0.15, 0.2) is 0 Å². The van der Waals surface area contributed by atoms with E-state index >= 15 is 0 Å². The fraction of sp³-hybridized carbons (Fsp3) is 0.182. The molecule has 0 fully saturated rings. The number of benzene rings is 1. The van der Waals surface area contributed by atoms with Gasteiger partial charge in [0.1, 0.15) is 5.82 Å². The number of carbonyl (C=O) groups is 1. The molecule has 3 N–H and O–H groups in total. The Morgan fingerprint density at radius 1 is 1.50 bits per heavy atom. The number of hydrogen-bond acceptors (Lipinski definition) is 4. The second-order valence-corrected chi connectivity index (χ2v) is 3.42. The first kappa shape index (κ1) is 12.4. The third-order valence-corrected chi connectivity index (χ3v) is 1.94. The van der Waals surface area contributed by atoms with E-state index < -0.39 is 5.97 Å². The second kappa shape index (κ2) is 6.02. The highest BCUT2D eigenvalue weighted by Gasteiger charge is 1.99. The van der Waals surface area contributed by atoms with Crippen molar-refractivity contribution in [3.8, 4) is 0 Å². The molecule has 0 heterocycles. The number of hydrogen-bond donors (Lipinski definition) is 2. The maximum atomic E-state index is 11.1. The predicted octanol–water partition coefficient (Wildman–Crippen LogP) is 2.12. The lowest BCUT2D eigenvalue weighted by atomic mass is 10.3. The van der Waals surface area contributed by atoms with Gasteiger partial charge in [-0.1, -0.05) is 11.6 Å². The monoisotopic (exact) mass is 240 g/mol. The molecule has 0 unspecified atom stereocenters. The molecule has 0 aliphatic rings. The first-order chi connectivity index (χ1) is 7.61. The van der Waals surface area contributed by atoms with E-state index in [1.165, 1.54) is 6.08 Å². The Bertz CT molecular complexity index is 387. The smallest absolute Gasteiger partial charge is 0.334 e. The first-order valence-electron chi connectivity index (χ1n) is 4.78. The van der Waals surface area contributed by atoms with Crippen molar-refractivity contribution in [3.05, 3.63) is 41.2 Å². The van der Waals surface area contributed by atoms with Crippen LogP contribution >= 0.6 is 11.6 Å². The summed E-state index contributed by atoms with van der Waals surface area (Å²) in [5, 5.41) is 3.48. The number of nitrogens with one attached hydrogen (secondary N) is 1. The number of carbonyl (C=O) groups excluding carboxylic acids is 1. The lowest BCUT2D eigenvalue weighted by molar-refractivity contribution is -0.137. The van der Waals surface area contributed by atoms with Crippen LogP contribution in [-0.4, -0.2) is 12.6 Å². The van der Waals surface area contributed by atoms with Gasteiger partial charge in [-0.2, -0.15) is 0 Å². The van der Waals surface area contributed by atoms with Crippen molar-refractivity contribution in [2.75, 3.05) is 11.9 Å². The molecule has 0 saturated carbocycles. The third-order valence-electron chi connectivity index (χ3n) is 1.69. The van der Waals surface area contributed by atoms with Gasteiger partial charge in [0.25, 0.3) is 0 Å². The summed E-state index contributed by atoms with van der Waals surface area (Å²) >= 11 is 5.73. The molecule has 5 heteroatoms. The summed E-state index contributed by atoms with van der Waals surface area (Å²) in [6.07, 6.45) is 1.19. The first-order valence-corrected chi connectivity index (χ1v) is 5.16. The van der Waals surface area contributed by atoms with E-state index in [0.717, 1.165) is 5.69 Å². The number of halogens is 1. The van der Waals surface area contributed by atoms with Crippen LogP contribution in [0.15, 0.2) is 36.2 Å². The molecule has 86 valence electrons. The molecule has 0 radical (unpaired) electrons. The van der Waals surface area contributed by atoms with E-state index in [1.54, 1.807) is 31.2 Å². The van der Waals surface area contributed by atoms with Crippen LogP contribution in [0.1, 0.15) is 6.92 Å². The minimum Gasteiger partial charge on any atom is -0.463 e. The van der Waals surface area contributed by atoms with Crippen LogP contribution in [0.4, 0.5) is 5.69 Å². The Hall–Kier alpha value is -1.68. The number of nitrogens with two attached hydrogens (primary N) is 1. The summed E-state index contributed by atoms with van der Waals surface area (Å²) in [4.78, 5) is 11.1. The molecular formula is C11H13ClN2O2. The molecule has 1 aromatic carbocycles. The average molecular weight is 241 g/mol. The molecule has 4 nitrogen and oxygen atoms in total. The van der Waals surface area contributed by atoms with Gasteiger partial charge in [-0.15, -0.1) is 0 Å². The van der Waals surface area contributed by atoms with E-state index in [4.69, 9.17) is 22.1 Å². The van der Waals surface area contributed by atoms with Gasteiger partial charge in [0.05, 0.1) is 12.7 Å². The van der Waals surface area contributed by atoms with Crippen molar-refractivity contribution in [1.29, 1.82) is 0 Å². The van der Waals surface area contributed by atoms with Gasteiger partial charge in [-0.25, -0.2) is 4.79 Å². The standard InChI is InChI=1S/C11H13ClN2O2/c1-2-16-11(15)7-10(13)14-9-5-3-8(12)4-6-9/h3-7,14H,2,13H2,1H3/b10-7-. The summed E-state index contributed by atoms with van der Waals surface area (Å²) in [7, 11) is 0. The van der Waals surface area contributed by atoms with E-state index in [9.17, 15) is 4.79 Å². The summed E-state index contributed by atoms with van der Waals surface area (Å²) in [6.45, 7) is 2.05. The highest BCUT2D eigenvalue weighted by molar-refractivity contribution is 6.30. The van der Waals surface area contributed by atoms with Crippen LogP contribution in [0.3, 0.4) is 0 Å². The molecule has 1 rings (SSSR count). The fourth-order valence-corrected chi connectivity index (χ4v) is 1.17. The summed E-state index contributed by atoms with van der Waals surface area (Å²) in [5.74, 6) is -0.248. The average Bonchev–Trinajstić information content (AvgIpc) is 2.21. The van der Waals surface area contributed by atoms with Crippen molar-refractivity contribution in [1.82, 2.24) is 0 Å². The Labute approximate surface area is 99.0 Å². The van der Waals surface area contributed by atoms with Crippen molar-refractivity contribution in [2.24, 2.45) is 5.73 Å². The molecule has 0 aliphatic carbocycles. The fourth-order valence-electron chi connectivity index (χ4n) is 1.05. The molecule has 0 atom stereocenters. The van der Waals surface area contributed by atoms with Gasteiger partial charge in [-0.3, -0.25) is 0 Å². The molecule has 0 aromatic heterocycles. The van der Waals surface area contributed by atoms with Crippen LogP contribution in [0.2, 0.25) is 5.02 Å². The van der Waals surface area contributed by atoms with Crippen LogP contribution < -0.4 is 11.1 Å². The zero-order valence-electron chi connectivity index (χ0n) is 8.87. The lowest BCUT2D eigenvalue weighted by Gasteiger charge is -2.06. The van der Waals surface area contributed by atoms with Gasteiger partial charge in [-0.05, 0) is 31.2 Å². The largest absolute Gasteiger partial charge is 0.463 e. The third kappa shape index (κ3) is 4.23. The Balaban J connectivity index is 2.60. The molecule has 0 saturated heterocycles.